The van der Waals surface area contributed by atoms with Gasteiger partial charge in [0.05, 0.1) is 13.0 Å². The minimum absolute atomic E-state index is 0.0141. The average Bonchev–Trinajstić information content (AvgIpc) is 3.12. The average molecular weight is 794 g/mol. The van der Waals surface area contributed by atoms with Crippen LogP contribution in [0.1, 0.15) is 194 Å². The summed E-state index contributed by atoms with van der Waals surface area (Å²) in [6, 6.07) is -1.53. The minimum Gasteiger partial charge on any atom is -0.462 e. The van der Waals surface area contributed by atoms with Crippen molar-refractivity contribution in [3.8, 4) is 0 Å². The van der Waals surface area contributed by atoms with E-state index in [9.17, 15) is 37.6 Å². The van der Waals surface area contributed by atoms with Crippen LogP contribution in [0.3, 0.4) is 0 Å². The first-order chi connectivity index (χ1) is 25.9. The molecule has 1 aliphatic heterocycles. The zero-order valence-electron chi connectivity index (χ0n) is 33.7. The Balaban J connectivity index is 2.98. The summed E-state index contributed by atoms with van der Waals surface area (Å²) in [7, 11) is -5.14. The van der Waals surface area contributed by atoms with Crippen molar-refractivity contribution < 1.29 is 56.0 Å². The fraction of sp³-hybridized carbons (Fsp3) is 0.925. The zero-order chi connectivity index (χ0) is 40.0. The summed E-state index contributed by atoms with van der Waals surface area (Å²) in [5, 5.41) is 23.4. The van der Waals surface area contributed by atoms with Crippen molar-refractivity contribution in [2.75, 3.05) is 6.61 Å². The van der Waals surface area contributed by atoms with Gasteiger partial charge in [-0.2, -0.15) is 8.42 Å². The number of esters is 2. The van der Waals surface area contributed by atoms with Crippen LogP contribution in [0.25, 0.3) is 0 Å². The van der Waals surface area contributed by atoms with Gasteiger partial charge in [0.1, 0.15) is 24.4 Å². The van der Waals surface area contributed by atoms with Crippen molar-refractivity contribution in [3.63, 3.8) is 0 Å². The molecule has 0 aromatic heterocycles. The number of ether oxygens (including phenoxy) is 3. The molecule has 1 rings (SSSR count). The van der Waals surface area contributed by atoms with Gasteiger partial charge in [-0.05, 0) is 25.7 Å². The van der Waals surface area contributed by atoms with Gasteiger partial charge in [0.15, 0.2) is 12.4 Å². The molecule has 318 valence electrons. The lowest BCUT2D eigenvalue weighted by Gasteiger charge is -2.43. The first kappa shape index (κ1) is 50.2. The SMILES string of the molecule is CCCCCCCCCCC[C@H](CC(=O)N[C@H]1C(O)O[C@H](CO)[C@@H](OS(=O)(=O)O)[C@@H]1OC(=O)CCCCCCCCC)OC(=O)CCCCCCCCC. The van der Waals surface area contributed by atoms with E-state index in [1.165, 1.54) is 51.4 Å². The second-order valence-electron chi connectivity index (χ2n) is 15.0. The highest BCUT2D eigenvalue weighted by Crippen LogP contribution is 2.27. The molecular formula is C40H75NO12S. The Morgan fingerprint density at radius 3 is 1.57 bits per heavy atom. The predicted molar refractivity (Wildman–Crippen MR) is 208 cm³/mol. The van der Waals surface area contributed by atoms with Crippen LogP contribution in [0.5, 0.6) is 0 Å². The quantitative estimate of drug-likeness (QED) is 0.0281. The van der Waals surface area contributed by atoms with Crippen LogP contribution >= 0.6 is 0 Å². The van der Waals surface area contributed by atoms with Gasteiger partial charge in [0, 0.05) is 12.8 Å². The first-order valence-corrected chi connectivity index (χ1v) is 22.6. The van der Waals surface area contributed by atoms with Crippen molar-refractivity contribution in [2.45, 2.75) is 231 Å². The summed E-state index contributed by atoms with van der Waals surface area (Å²) in [5.74, 6) is -1.78. The lowest BCUT2D eigenvalue weighted by Crippen LogP contribution is -2.66. The molecule has 0 saturated carbocycles. The summed E-state index contributed by atoms with van der Waals surface area (Å²) in [6.07, 6.45) is 16.8. The van der Waals surface area contributed by atoms with Crippen molar-refractivity contribution >= 4 is 28.2 Å². The molecule has 54 heavy (non-hydrogen) atoms. The van der Waals surface area contributed by atoms with Crippen molar-refractivity contribution in [2.24, 2.45) is 0 Å². The number of hydrogen-bond acceptors (Lipinski definition) is 11. The Bertz CT molecular complexity index is 1090. The number of aliphatic hydroxyl groups excluding tert-OH is 2. The lowest BCUT2D eigenvalue weighted by molar-refractivity contribution is -0.254. The molecule has 0 spiro atoms. The summed E-state index contributed by atoms with van der Waals surface area (Å²) in [4.78, 5) is 39.4. The molecule has 1 saturated heterocycles. The molecule has 1 unspecified atom stereocenters. The Hall–Kier alpha value is -1.84. The van der Waals surface area contributed by atoms with Crippen LogP contribution in [0.2, 0.25) is 0 Å². The third-order valence-electron chi connectivity index (χ3n) is 9.98. The second kappa shape index (κ2) is 31.3. The van der Waals surface area contributed by atoms with E-state index < -0.39 is 65.6 Å². The molecule has 1 amide bonds. The van der Waals surface area contributed by atoms with Gasteiger partial charge in [-0.15, -0.1) is 0 Å². The van der Waals surface area contributed by atoms with Crippen LogP contribution in [0, 0.1) is 0 Å². The fourth-order valence-electron chi connectivity index (χ4n) is 6.86. The zero-order valence-corrected chi connectivity index (χ0v) is 34.5. The van der Waals surface area contributed by atoms with Crippen LogP contribution in [-0.4, -0.2) is 84.4 Å². The van der Waals surface area contributed by atoms with E-state index >= 15 is 0 Å². The van der Waals surface area contributed by atoms with Gasteiger partial charge >= 0.3 is 22.3 Å². The largest absolute Gasteiger partial charge is 0.462 e. The van der Waals surface area contributed by atoms with Crippen LogP contribution in [0.4, 0.5) is 0 Å². The topological polar surface area (TPSA) is 195 Å². The second-order valence-corrected chi connectivity index (χ2v) is 16.0. The Morgan fingerprint density at radius 2 is 1.11 bits per heavy atom. The van der Waals surface area contributed by atoms with Gasteiger partial charge < -0.3 is 29.7 Å². The highest BCUT2D eigenvalue weighted by atomic mass is 32.3. The third-order valence-corrected chi connectivity index (χ3v) is 10.4. The molecule has 1 fully saturated rings. The van der Waals surface area contributed by atoms with Gasteiger partial charge in [0.25, 0.3) is 0 Å². The number of carbonyl (C=O) groups is 3. The molecule has 4 N–H and O–H groups in total. The van der Waals surface area contributed by atoms with E-state index in [4.69, 9.17) is 18.4 Å². The predicted octanol–water partition coefficient (Wildman–Crippen LogP) is 7.78. The third kappa shape index (κ3) is 24.6. The van der Waals surface area contributed by atoms with Crippen molar-refractivity contribution in [3.05, 3.63) is 0 Å². The molecule has 1 aliphatic rings. The molecule has 0 radical (unpaired) electrons. The molecule has 0 bridgehead atoms. The van der Waals surface area contributed by atoms with Gasteiger partial charge in [-0.25, -0.2) is 4.18 Å². The number of unbranched alkanes of at least 4 members (excludes halogenated alkanes) is 20. The molecule has 0 aromatic carbocycles. The van der Waals surface area contributed by atoms with Gasteiger partial charge in [-0.3, -0.25) is 18.9 Å². The number of rotatable bonds is 34. The van der Waals surface area contributed by atoms with Crippen LogP contribution in [0.15, 0.2) is 0 Å². The molecule has 13 nitrogen and oxygen atoms in total. The normalized spacial score (nSPS) is 20.7. The summed E-state index contributed by atoms with van der Waals surface area (Å²) in [5.41, 5.74) is 0. The van der Waals surface area contributed by atoms with E-state index in [1.807, 2.05) is 0 Å². The number of nitrogens with one attached hydrogen (secondary N) is 1. The summed E-state index contributed by atoms with van der Waals surface area (Å²) < 4.78 is 54.7. The minimum atomic E-state index is -5.14. The van der Waals surface area contributed by atoms with E-state index in [1.54, 1.807) is 0 Å². The van der Waals surface area contributed by atoms with Gasteiger partial charge in [-0.1, -0.05) is 149 Å². The van der Waals surface area contributed by atoms with E-state index in [0.717, 1.165) is 83.5 Å². The molecule has 0 aliphatic carbocycles. The highest BCUT2D eigenvalue weighted by Gasteiger charge is 2.50. The Kier molecular flexibility index (Phi) is 29.1. The Morgan fingerprint density at radius 1 is 0.667 bits per heavy atom. The Labute approximate surface area is 326 Å². The first-order valence-electron chi connectivity index (χ1n) is 21.2. The summed E-state index contributed by atoms with van der Waals surface area (Å²) in [6.45, 7) is 5.64. The molecule has 6 atom stereocenters. The van der Waals surface area contributed by atoms with Crippen LogP contribution < -0.4 is 5.32 Å². The number of hydrogen-bond donors (Lipinski definition) is 4. The lowest BCUT2D eigenvalue weighted by atomic mass is 9.96. The number of carbonyl (C=O) groups excluding carboxylic acids is 3. The maximum absolute atomic E-state index is 13.5. The monoisotopic (exact) mass is 794 g/mol. The highest BCUT2D eigenvalue weighted by molar-refractivity contribution is 7.80. The maximum atomic E-state index is 13.5. The van der Waals surface area contributed by atoms with E-state index in [0.29, 0.717) is 19.3 Å². The fourth-order valence-corrected chi connectivity index (χ4v) is 7.38. The molecule has 0 aromatic rings. The number of aliphatic hydroxyl groups is 2. The van der Waals surface area contributed by atoms with Crippen molar-refractivity contribution in [1.29, 1.82) is 0 Å². The summed E-state index contributed by atoms with van der Waals surface area (Å²) >= 11 is 0. The van der Waals surface area contributed by atoms with Crippen LogP contribution in [-0.2, 0) is 43.2 Å². The maximum Gasteiger partial charge on any atom is 0.397 e. The van der Waals surface area contributed by atoms with Gasteiger partial charge in [0.2, 0.25) is 5.91 Å². The number of amides is 1. The van der Waals surface area contributed by atoms with E-state index in [-0.39, 0.29) is 25.2 Å². The van der Waals surface area contributed by atoms with Crippen molar-refractivity contribution in [1.82, 2.24) is 5.32 Å². The van der Waals surface area contributed by atoms with E-state index in [2.05, 4.69) is 26.1 Å². The standard InChI is InChI=1S/C40H75NO12S/c1-4-7-10-13-16-17-20-21-24-27-32(50-35(44)28-25-22-18-14-11-8-5-2)30-34(43)41-37-39(52-36(45)29-26-23-19-15-12-9-6-3)38(53-54(47,48)49)33(31-42)51-40(37)46/h32-33,37-40,42,46H,4-31H2,1-3H3,(H,41,43)(H,47,48,49)/t32-,33-,37-,38-,39-,40?/m1/s1. The molecule has 14 heteroatoms. The smallest absolute Gasteiger partial charge is 0.397 e. The molecule has 1 heterocycles. The molecular weight excluding hydrogens is 719 g/mol.